The van der Waals surface area contributed by atoms with Crippen LogP contribution < -0.4 is 0 Å². The van der Waals surface area contributed by atoms with Gasteiger partial charge in [-0.2, -0.15) is 5.10 Å². The number of rotatable bonds is 4. The fourth-order valence-electron chi connectivity index (χ4n) is 3.64. The van der Waals surface area contributed by atoms with Crippen molar-refractivity contribution in [1.82, 2.24) is 19.6 Å². The van der Waals surface area contributed by atoms with Crippen molar-refractivity contribution in [3.8, 4) is 5.69 Å². The number of carbonyl (C=O) groups excluding carboxylic acids is 1. The highest BCUT2D eigenvalue weighted by atomic mass is 16.2. The molecule has 0 N–H and O–H groups in total. The van der Waals surface area contributed by atoms with Crippen LogP contribution in [0.3, 0.4) is 0 Å². The maximum Gasteiger partial charge on any atom is 0.253 e. The van der Waals surface area contributed by atoms with Gasteiger partial charge in [-0.1, -0.05) is 29.8 Å². The molecule has 3 aromatic rings. The minimum absolute atomic E-state index is 0.115. The second kappa shape index (κ2) is 8.40. The van der Waals surface area contributed by atoms with Crippen molar-refractivity contribution in [1.29, 1.82) is 0 Å². The average Bonchev–Trinajstić information content (AvgIpc) is 3.16. The summed E-state index contributed by atoms with van der Waals surface area (Å²) in [5.74, 6) is 0.115. The molecule has 5 heteroatoms. The van der Waals surface area contributed by atoms with E-state index >= 15 is 0 Å². The zero-order valence-corrected chi connectivity index (χ0v) is 16.3. The Hall–Kier alpha value is -2.92. The van der Waals surface area contributed by atoms with Crippen molar-refractivity contribution in [2.45, 2.75) is 19.9 Å². The molecule has 28 heavy (non-hydrogen) atoms. The van der Waals surface area contributed by atoms with E-state index in [2.05, 4.69) is 41.2 Å². The van der Waals surface area contributed by atoms with Crippen molar-refractivity contribution in [3.05, 3.63) is 83.7 Å². The third-order valence-electron chi connectivity index (χ3n) is 5.29. The van der Waals surface area contributed by atoms with Crippen LogP contribution in [0.5, 0.6) is 0 Å². The van der Waals surface area contributed by atoms with Crippen LogP contribution in [0.1, 0.15) is 27.9 Å². The molecule has 0 atom stereocenters. The van der Waals surface area contributed by atoms with Crippen LogP contribution in [0.4, 0.5) is 0 Å². The standard InChI is InChI=1S/C23H26N4O/c1-19-4-6-20(7-5-19)18-25-13-3-14-26(17-16-25)23(28)21-8-10-22(11-9-21)27-15-2-12-24-27/h2,4-12,15H,3,13-14,16-18H2,1H3. The summed E-state index contributed by atoms with van der Waals surface area (Å²) >= 11 is 0. The second-order valence-corrected chi connectivity index (χ2v) is 7.41. The molecule has 1 aliphatic heterocycles. The number of hydrogen-bond acceptors (Lipinski definition) is 3. The third kappa shape index (κ3) is 4.31. The molecular formula is C23H26N4O. The fourth-order valence-corrected chi connectivity index (χ4v) is 3.64. The lowest BCUT2D eigenvalue weighted by molar-refractivity contribution is 0.0761. The molecule has 0 bridgehead atoms. The van der Waals surface area contributed by atoms with Gasteiger partial charge in [0.15, 0.2) is 0 Å². The van der Waals surface area contributed by atoms with E-state index in [1.54, 1.807) is 10.9 Å². The van der Waals surface area contributed by atoms with Crippen molar-refractivity contribution >= 4 is 5.91 Å². The first-order valence-corrected chi connectivity index (χ1v) is 9.86. The molecule has 0 saturated carbocycles. The van der Waals surface area contributed by atoms with Gasteiger partial charge < -0.3 is 4.90 Å². The molecule has 0 aliphatic carbocycles. The van der Waals surface area contributed by atoms with Crippen LogP contribution in [0, 0.1) is 6.92 Å². The first-order valence-electron chi connectivity index (χ1n) is 9.86. The summed E-state index contributed by atoms with van der Waals surface area (Å²) in [5, 5.41) is 4.23. The van der Waals surface area contributed by atoms with Crippen LogP contribution in [-0.4, -0.2) is 51.7 Å². The Bertz CT molecular complexity index is 901. The predicted molar refractivity (Wildman–Crippen MR) is 111 cm³/mol. The Kier molecular flexibility index (Phi) is 5.53. The third-order valence-corrected chi connectivity index (χ3v) is 5.29. The van der Waals surface area contributed by atoms with Gasteiger partial charge in [-0.3, -0.25) is 9.69 Å². The number of carbonyl (C=O) groups is 1. The average molecular weight is 374 g/mol. The second-order valence-electron chi connectivity index (χ2n) is 7.41. The Balaban J connectivity index is 1.37. The molecule has 1 saturated heterocycles. The molecule has 0 spiro atoms. The van der Waals surface area contributed by atoms with Crippen molar-refractivity contribution in [3.63, 3.8) is 0 Å². The van der Waals surface area contributed by atoms with E-state index in [0.717, 1.165) is 50.4 Å². The van der Waals surface area contributed by atoms with Gasteiger partial charge in [0.2, 0.25) is 0 Å². The monoisotopic (exact) mass is 374 g/mol. The van der Waals surface area contributed by atoms with E-state index < -0.39 is 0 Å². The highest BCUT2D eigenvalue weighted by Crippen LogP contribution is 2.14. The van der Waals surface area contributed by atoms with Crippen LogP contribution in [0.15, 0.2) is 67.0 Å². The quantitative estimate of drug-likeness (QED) is 0.702. The summed E-state index contributed by atoms with van der Waals surface area (Å²) in [6, 6.07) is 18.3. The zero-order valence-electron chi connectivity index (χ0n) is 16.3. The van der Waals surface area contributed by atoms with Gasteiger partial charge in [-0.05, 0) is 49.2 Å². The molecule has 144 valence electrons. The predicted octanol–water partition coefficient (Wildman–Crippen LogP) is 3.53. The minimum Gasteiger partial charge on any atom is -0.337 e. The molecule has 2 heterocycles. The minimum atomic E-state index is 0.115. The summed E-state index contributed by atoms with van der Waals surface area (Å²) in [6.07, 6.45) is 4.65. The number of nitrogens with zero attached hydrogens (tertiary/aromatic N) is 4. The van der Waals surface area contributed by atoms with Crippen molar-refractivity contribution in [2.24, 2.45) is 0 Å². The Labute approximate surface area is 166 Å². The first kappa shape index (κ1) is 18.4. The lowest BCUT2D eigenvalue weighted by Crippen LogP contribution is -2.35. The number of benzene rings is 2. The molecule has 1 aliphatic rings. The Morgan fingerprint density at radius 1 is 0.964 bits per heavy atom. The van der Waals surface area contributed by atoms with E-state index in [4.69, 9.17) is 0 Å². The SMILES string of the molecule is Cc1ccc(CN2CCCN(C(=O)c3ccc(-n4cccn4)cc3)CC2)cc1. The van der Waals surface area contributed by atoms with Crippen LogP contribution >= 0.6 is 0 Å². The molecule has 0 unspecified atom stereocenters. The smallest absolute Gasteiger partial charge is 0.253 e. The molecule has 4 rings (SSSR count). The molecule has 0 radical (unpaired) electrons. The van der Waals surface area contributed by atoms with Gasteiger partial charge in [-0.25, -0.2) is 4.68 Å². The van der Waals surface area contributed by atoms with E-state index in [1.165, 1.54) is 11.1 Å². The van der Waals surface area contributed by atoms with E-state index in [-0.39, 0.29) is 5.91 Å². The van der Waals surface area contributed by atoms with Gasteiger partial charge in [0.1, 0.15) is 0 Å². The molecular weight excluding hydrogens is 348 g/mol. The van der Waals surface area contributed by atoms with E-state index in [9.17, 15) is 4.79 Å². The maximum atomic E-state index is 12.9. The van der Waals surface area contributed by atoms with Gasteiger partial charge >= 0.3 is 0 Å². The van der Waals surface area contributed by atoms with E-state index in [1.807, 2.05) is 41.4 Å². The van der Waals surface area contributed by atoms with Gasteiger partial charge in [0.25, 0.3) is 5.91 Å². The summed E-state index contributed by atoms with van der Waals surface area (Å²) in [5.41, 5.74) is 4.32. The first-order chi connectivity index (χ1) is 13.7. The number of aromatic nitrogens is 2. The molecule has 1 aromatic heterocycles. The highest BCUT2D eigenvalue weighted by molar-refractivity contribution is 5.94. The fraction of sp³-hybridized carbons (Fsp3) is 0.304. The van der Waals surface area contributed by atoms with Crippen LogP contribution in [0.25, 0.3) is 5.69 Å². The summed E-state index contributed by atoms with van der Waals surface area (Å²) in [7, 11) is 0. The zero-order chi connectivity index (χ0) is 19.3. The van der Waals surface area contributed by atoms with Crippen LogP contribution in [-0.2, 0) is 6.54 Å². The number of hydrogen-bond donors (Lipinski definition) is 0. The lowest BCUT2D eigenvalue weighted by Gasteiger charge is -2.22. The summed E-state index contributed by atoms with van der Waals surface area (Å²) in [4.78, 5) is 17.4. The van der Waals surface area contributed by atoms with Crippen molar-refractivity contribution < 1.29 is 4.79 Å². The molecule has 5 nitrogen and oxygen atoms in total. The normalized spacial score (nSPS) is 15.4. The van der Waals surface area contributed by atoms with Gasteiger partial charge in [0.05, 0.1) is 5.69 Å². The summed E-state index contributed by atoms with van der Waals surface area (Å²) in [6.45, 7) is 6.57. The van der Waals surface area contributed by atoms with Gasteiger partial charge in [0, 0.05) is 50.7 Å². The van der Waals surface area contributed by atoms with Gasteiger partial charge in [-0.15, -0.1) is 0 Å². The van der Waals surface area contributed by atoms with E-state index in [0.29, 0.717) is 0 Å². The molecule has 1 amide bonds. The molecule has 1 fully saturated rings. The summed E-state index contributed by atoms with van der Waals surface area (Å²) < 4.78 is 1.79. The largest absolute Gasteiger partial charge is 0.337 e. The lowest BCUT2D eigenvalue weighted by atomic mass is 10.1. The van der Waals surface area contributed by atoms with Crippen molar-refractivity contribution in [2.75, 3.05) is 26.2 Å². The topological polar surface area (TPSA) is 41.4 Å². The number of amides is 1. The Morgan fingerprint density at radius 3 is 2.46 bits per heavy atom. The Morgan fingerprint density at radius 2 is 1.75 bits per heavy atom. The number of aryl methyl sites for hydroxylation is 1. The maximum absolute atomic E-state index is 12.9. The molecule has 2 aromatic carbocycles. The van der Waals surface area contributed by atoms with Crippen LogP contribution in [0.2, 0.25) is 0 Å². The highest BCUT2D eigenvalue weighted by Gasteiger charge is 2.20.